The number of carbonyl (C=O) groups is 1. The highest BCUT2D eigenvalue weighted by atomic mass is 19.1. The average molecular weight is 384 g/mol. The molecule has 1 amide bonds. The Morgan fingerprint density at radius 3 is 2.64 bits per heavy atom. The molecule has 1 saturated heterocycles. The van der Waals surface area contributed by atoms with Crippen LogP contribution in [-0.4, -0.2) is 30.0 Å². The van der Waals surface area contributed by atoms with Crippen LogP contribution in [0.1, 0.15) is 37.8 Å². The van der Waals surface area contributed by atoms with Gasteiger partial charge in [-0.2, -0.15) is 0 Å². The van der Waals surface area contributed by atoms with Gasteiger partial charge >= 0.3 is 0 Å². The van der Waals surface area contributed by atoms with Crippen molar-refractivity contribution >= 4 is 5.91 Å². The third kappa shape index (κ3) is 5.80. The fourth-order valence-electron chi connectivity index (χ4n) is 3.56. The zero-order chi connectivity index (χ0) is 19.9. The lowest BCUT2D eigenvalue weighted by Gasteiger charge is -2.31. The molecule has 1 aliphatic rings. The van der Waals surface area contributed by atoms with Gasteiger partial charge in [-0.1, -0.05) is 30.3 Å². The highest BCUT2D eigenvalue weighted by Gasteiger charge is 2.25. The molecule has 2 aromatic carbocycles. The van der Waals surface area contributed by atoms with Crippen LogP contribution in [0.2, 0.25) is 0 Å². The van der Waals surface area contributed by atoms with Crippen LogP contribution in [0, 0.1) is 11.7 Å². The lowest BCUT2D eigenvalue weighted by atomic mass is 9.95. The fraction of sp³-hybridized carbons (Fsp3) is 0.435. The summed E-state index contributed by atoms with van der Waals surface area (Å²) < 4.78 is 19.5. The molecule has 0 radical (unpaired) electrons. The van der Waals surface area contributed by atoms with E-state index in [1.165, 1.54) is 6.07 Å². The normalized spacial score (nSPS) is 15.6. The van der Waals surface area contributed by atoms with E-state index in [1.807, 2.05) is 50.2 Å². The van der Waals surface area contributed by atoms with Crippen LogP contribution in [0.15, 0.2) is 48.5 Å². The highest BCUT2D eigenvalue weighted by Crippen LogP contribution is 2.21. The van der Waals surface area contributed by atoms with Gasteiger partial charge in [0.25, 0.3) is 0 Å². The molecule has 1 fully saturated rings. The summed E-state index contributed by atoms with van der Waals surface area (Å²) in [6.45, 7) is 6.71. The zero-order valence-electron chi connectivity index (χ0n) is 16.7. The number of nitrogens with one attached hydrogen (secondary N) is 1. The van der Waals surface area contributed by atoms with Crippen LogP contribution in [0.3, 0.4) is 0 Å². The van der Waals surface area contributed by atoms with Crippen molar-refractivity contribution in [3.05, 3.63) is 65.5 Å². The van der Waals surface area contributed by atoms with Gasteiger partial charge < -0.3 is 10.1 Å². The van der Waals surface area contributed by atoms with Crippen LogP contribution < -0.4 is 10.1 Å². The Balaban J connectivity index is 1.45. The third-order valence-electron chi connectivity index (χ3n) is 5.05. The van der Waals surface area contributed by atoms with E-state index in [-0.39, 0.29) is 23.7 Å². The molecule has 2 aromatic rings. The molecular formula is C23H29FN2O2. The second-order valence-electron chi connectivity index (χ2n) is 7.67. The summed E-state index contributed by atoms with van der Waals surface area (Å²) in [6, 6.07) is 14.7. The minimum absolute atomic E-state index is 0.0203. The van der Waals surface area contributed by atoms with E-state index >= 15 is 0 Å². The van der Waals surface area contributed by atoms with Gasteiger partial charge in [-0.05, 0) is 63.5 Å². The second-order valence-corrected chi connectivity index (χ2v) is 7.67. The first-order valence-electron chi connectivity index (χ1n) is 10.0. The Morgan fingerprint density at radius 2 is 1.93 bits per heavy atom. The topological polar surface area (TPSA) is 41.6 Å². The molecule has 1 heterocycles. The SMILES string of the molecule is CC(C)Oc1cccc(CNC(=O)C2CCN(Cc3ccccc3F)CC2)c1. The third-order valence-corrected chi connectivity index (χ3v) is 5.05. The maximum Gasteiger partial charge on any atom is 0.223 e. The van der Waals surface area contributed by atoms with E-state index in [1.54, 1.807) is 6.07 Å². The van der Waals surface area contributed by atoms with E-state index in [0.717, 1.165) is 37.2 Å². The van der Waals surface area contributed by atoms with Crippen LogP contribution in [0.25, 0.3) is 0 Å². The Labute approximate surface area is 166 Å². The molecule has 0 aromatic heterocycles. The van der Waals surface area contributed by atoms with Gasteiger partial charge in [-0.25, -0.2) is 4.39 Å². The van der Waals surface area contributed by atoms with Crippen molar-refractivity contribution in [3.8, 4) is 5.75 Å². The van der Waals surface area contributed by atoms with Gasteiger partial charge in [0, 0.05) is 24.6 Å². The van der Waals surface area contributed by atoms with Crippen LogP contribution in [0.4, 0.5) is 4.39 Å². The summed E-state index contributed by atoms with van der Waals surface area (Å²) in [6.07, 6.45) is 1.73. The standard InChI is InChI=1S/C23H29FN2O2/c1-17(2)28-21-8-5-6-18(14-21)15-25-23(27)19-10-12-26(13-11-19)16-20-7-3-4-9-22(20)24/h3-9,14,17,19H,10-13,15-16H2,1-2H3,(H,25,27). The van der Waals surface area contributed by atoms with Crippen molar-refractivity contribution in [1.82, 2.24) is 10.2 Å². The van der Waals surface area contributed by atoms with Crippen LogP contribution >= 0.6 is 0 Å². The summed E-state index contributed by atoms with van der Waals surface area (Å²) in [5.41, 5.74) is 1.75. The Morgan fingerprint density at radius 1 is 1.18 bits per heavy atom. The predicted molar refractivity (Wildman–Crippen MR) is 108 cm³/mol. The Hall–Kier alpha value is -2.40. The smallest absolute Gasteiger partial charge is 0.223 e. The first-order valence-corrected chi connectivity index (χ1v) is 10.0. The minimum Gasteiger partial charge on any atom is -0.491 e. The number of piperidine rings is 1. The number of amides is 1. The summed E-state index contributed by atoms with van der Waals surface area (Å²) in [7, 11) is 0. The van der Waals surface area contributed by atoms with Gasteiger partial charge in [-0.3, -0.25) is 9.69 Å². The number of hydrogen-bond donors (Lipinski definition) is 1. The van der Waals surface area contributed by atoms with Gasteiger partial charge in [-0.15, -0.1) is 0 Å². The number of carbonyl (C=O) groups excluding carboxylic acids is 1. The monoisotopic (exact) mass is 384 g/mol. The van der Waals surface area contributed by atoms with E-state index in [4.69, 9.17) is 4.74 Å². The Bertz CT molecular complexity index is 786. The molecule has 0 aliphatic carbocycles. The molecule has 0 atom stereocenters. The second kappa shape index (κ2) is 9.69. The van der Waals surface area contributed by atoms with Crippen molar-refractivity contribution in [2.45, 2.75) is 45.9 Å². The van der Waals surface area contributed by atoms with Gasteiger partial charge in [0.2, 0.25) is 5.91 Å². The Kier molecular flexibility index (Phi) is 7.04. The summed E-state index contributed by atoms with van der Waals surface area (Å²) in [5, 5.41) is 3.05. The van der Waals surface area contributed by atoms with Gasteiger partial charge in [0.1, 0.15) is 11.6 Å². The maximum absolute atomic E-state index is 13.8. The van der Waals surface area contributed by atoms with E-state index in [2.05, 4.69) is 10.2 Å². The molecular weight excluding hydrogens is 355 g/mol. The number of rotatable bonds is 7. The molecule has 28 heavy (non-hydrogen) atoms. The quantitative estimate of drug-likeness (QED) is 0.780. The first kappa shape index (κ1) is 20.3. The average Bonchev–Trinajstić information content (AvgIpc) is 2.68. The fourth-order valence-corrected chi connectivity index (χ4v) is 3.56. The predicted octanol–water partition coefficient (Wildman–Crippen LogP) is 4.14. The molecule has 4 nitrogen and oxygen atoms in total. The molecule has 5 heteroatoms. The number of benzene rings is 2. The van der Waals surface area contributed by atoms with Crippen molar-refractivity contribution in [1.29, 1.82) is 0 Å². The van der Waals surface area contributed by atoms with Crippen LogP contribution in [-0.2, 0) is 17.9 Å². The zero-order valence-corrected chi connectivity index (χ0v) is 16.7. The van der Waals surface area contributed by atoms with E-state index in [9.17, 15) is 9.18 Å². The van der Waals surface area contributed by atoms with Crippen molar-refractivity contribution in [3.63, 3.8) is 0 Å². The minimum atomic E-state index is -0.161. The largest absolute Gasteiger partial charge is 0.491 e. The van der Waals surface area contributed by atoms with Crippen molar-refractivity contribution in [2.75, 3.05) is 13.1 Å². The molecule has 0 bridgehead atoms. The molecule has 0 spiro atoms. The number of ether oxygens (including phenoxy) is 1. The van der Waals surface area contributed by atoms with E-state index < -0.39 is 0 Å². The van der Waals surface area contributed by atoms with Crippen molar-refractivity contribution in [2.24, 2.45) is 5.92 Å². The molecule has 0 saturated carbocycles. The summed E-state index contributed by atoms with van der Waals surface area (Å²) in [5.74, 6) is 0.780. The highest BCUT2D eigenvalue weighted by molar-refractivity contribution is 5.78. The summed E-state index contributed by atoms with van der Waals surface area (Å²) in [4.78, 5) is 14.7. The molecule has 1 aliphatic heterocycles. The molecule has 1 N–H and O–H groups in total. The lowest BCUT2D eigenvalue weighted by molar-refractivity contribution is -0.126. The number of halogens is 1. The van der Waals surface area contributed by atoms with Crippen molar-refractivity contribution < 1.29 is 13.9 Å². The van der Waals surface area contributed by atoms with Crippen LogP contribution in [0.5, 0.6) is 5.75 Å². The number of likely N-dealkylation sites (tertiary alicyclic amines) is 1. The van der Waals surface area contributed by atoms with E-state index in [0.29, 0.717) is 18.7 Å². The molecule has 150 valence electrons. The molecule has 3 rings (SSSR count). The van der Waals surface area contributed by atoms with Gasteiger partial charge in [0.05, 0.1) is 6.10 Å². The summed E-state index contributed by atoms with van der Waals surface area (Å²) >= 11 is 0. The number of nitrogens with zero attached hydrogens (tertiary/aromatic N) is 1. The number of hydrogen-bond acceptors (Lipinski definition) is 3. The van der Waals surface area contributed by atoms with Gasteiger partial charge in [0.15, 0.2) is 0 Å². The first-order chi connectivity index (χ1) is 13.5. The lowest BCUT2D eigenvalue weighted by Crippen LogP contribution is -2.40. The maximum atomic E-state index is 13.8. The molecule has 0 unspecified atom stereocenters.